The van der Waals surface area contributed by atoms with Gasteiger partial charge in [0.05, 0.1) is 11.4 Å². The van der Waals surface area contributed by atoms with Crippen LogP contribution in [0.1, 0.15) is 32.2 Å². The van der Waals surface area contributed by atoms with Crippen LogP contribution in [-0.4, -0.2) is 42.1 Å². The largest absolute Gasteiger partial charge is 0.333 e. The maximum absolute atomic E-state index is 13.7. The van der Waals surface area contributed by atoms with Gasteiger partial charge >= 0.3 is 0 Å². The molecule has 44 heavy (non-hydrogen) atoms. The van der Waals surface area contributed by atoms with Gasteiger partial charge in [0.25, 0.3) is 5.91 Å². The van der Waals surface area contributed by atoms with Crippen LogP contribution in [0.3, 0.4) is 0 Å². The van der Waals surface area contributed by atoms with E-state index >= 15 is 0 Å². The fourth-order valence-corrected chi connectivity index (χ4v) is 6.71. The minimum Gasteiger partial charge on any atom is -0.333 e. The highest BCUT2D eigenvalue weighted by atomic mass is 35.5. The molecule has 0 spiro atoms. The molecule has 0 aliphatic carbocycles. The molecular weight excluding hydrogens is 608 g/mol. The van der Waals surface area contributed by atoms with Crippen molar-refractivity contribution in [2.45, 2.75) is 30.8 Å². The molecule has 0 unspecified atom stereocenters. The minimum atomic E-state index is -0.0751. The maximum Gasteiger partial charge on any atom is 0.273 e. The normalized spacial score (nSPS) is 11.0. The SMILES string of the molecule is Cc1ccc(Cl)cc1-n1c(SCc2nc(C(=O)N(CCc3ccccc3)Cc3ccccc3)cs2)nnc1-c1cccnc1. The van der Waals surface area contributed by atoms with Crippen LogP contribution >= 0.6 is 34.7 Å². The summed E-state index contributed by atoms with van der Waals surface area (Å²) in [7, 11) is 0. The fourth-order valence-electron chi connectivity index (χ4n) is 4.81. The van der Waals surface area contributed by atoms with Crippen molar-refractivity contribution in [1.29, 1.82) is 0 Å². The summed E-state index contributed by atoms with van der Waals surface area (Å²) in [5, 5.41) is 13.1. The Morgan fingerprint density at radius 1 is 0.955 bits per heavy atom. The third-order valence-electron chi connectivity index (χ3n) is 7.08. The number of nitrogens with zero attached hydrogens (tertiary/aromatic N) is 6. The Hall–Kier alpha value is -4.31. The Balaban J connectivity index is 1.22. The molecule has 6 rings (SSSR count). The van der Waals surface area contributed by atoms with E-state index in [4.69, 9.17) is 16.6 Å². The Bertz CT molecular complexity index is 1840. The number of halogens is 1. The molecule has 0 N–H and O–H groups in total. The van der Waals surface area contributed by atoms with Crippen molar-refractivity contribution in [2.75, 3.05) is 6.54 Å². The number of rotatable bonds is 11. The number of hydrogen-bond acceptors (Lipinski definition) is 7. The number of hydrogen-bond donors (Lipinski definition) is 0. The molecule has 0 saturated heterocycles. The van der Waals surface area contributed by atoms with Gasteiger partial charge in [0.2, 0.25) is 0 Å². The molecular formula is C34H29ClN6OS2. The molecule has 7 nitrogen and oxygen atoms in total. The number of amides is 1. The summed E-state index contributed by atoms with van der Waals surface area (Å²) in [5.74, 6) is 1.13. The molecule has 0 aliphatic rings. The predicted octanol–water partition coefficient (Wildman–Crippen LogP) is 7.93. The molecule has 0 fully saturated rings. The first-order chi connectivity index (χ1) is 21.5. The standard InChI is InChI=1S/C34H29ClN6OS2/c1-24-14-15-28(35)19-30(24)41-32(27-13-8-17-36-20-27)38-39-34(41)44-23-31-37-29(22-43-31)33(42)40(21-26-11-6-3-7-12-26)18-16-25-9-4-2-5-10-25/h2-15,17,19-20,22H,16,18,21,23H2,1H3. The summed E-state index contributed by atoms with van der Waals surface area (Å²) in [4.78, 5) is 24.7. The molecule has 0 bridgehead atoms. The summed E-state index contributed by atoms with van der Waals surface area (Å²) >= 11 is 9.40. The molecule has 6 aromatic rings. The molecule has 10 heteroatoms. The van der Waals surface area contributed by atoms with E-state index in [9.17, 15) is 4.79 Å². The molecule has 220 valence electrons. The lowest BCUT2D eigenvalue weighted by Crippen LogP contribution is -2.32. The van der Waals surface area contributed by atoms with E-state index in [0.717, 1.165) is 33.8 Å². The Kier molecular flexibility index (Phi) is 9.45. The van der Waals surface area contributed by atoms with Crippen molar-refractivity contribution in [3.8, 4) is 17.1 Å². The Morgan fingerprint density at radius 2 is 1.73 bits per heavy atom. The van der Waals surface area contributed by atoms with Crippen LogP contribution in [0.25, 0.3) is 17.1 Å². The highest BCUT2D eigenvalue weighted by Gasteiger charge is 2.22. The third kappa shape index (κ3) is 7.07. The van der Waals surface area contributed by atoms with Crippen LogP contribution in [0.5, 0.6) is 0 Å². The van der Waals surface area contributed by atoms with Gasteiger partial charge in [0.1, 0.15) is 10.7 Å². The summed E-state index contributed by atoms with van der Waals surface area (Å²) in [6.45, 7) is 3.15. The highest BCUT2D eigenvalue weighted by Crippen LogP contribution is 2.32. The molecule has 0 aliphatic heterocycles. The van der Waals surface area contributed by atoms with E-state index in [1.165, 1.54) is 28.7 Å². The lowest BCUT2D eigenvalue weighted by atomic mass is 10.1. The zero-order valence-electron chi connectivity index (χ0n) is 24.0. The van der Waals surface area contributed by atoms with Crippen molar-refractivity contribution in [2.24, 2.45) is 0 Å². The summed E-state index contributed by atoms with van der Waals surface area (Å²) in [6.07, 6.45) is 4.27. The summed E-state index contributed by atoms with van der Waals surface area (Å²) < 4.78 is 2.01. The minimum absolute atomic E-state index is 0.0751. The van der Waals surface area contributed by atoms with E-state index in [1.54, 1.807) is 12.4 Å². The first kappa shape index (κ1) is 29.7. The second-order valence-corrected chi connectivity index (χ2v) is 12.5. The van der Waals surface area contributed by atoms with Gasteiger partial charge in [-0.1, -0.05) is 90.1 Å². The lowest BCUT2D eigenvalue weighted by Gasteiger charge is -2.22. The molecule has 3 heterocycles. The van der Waals surface area contributed by atoms with Crippen molar-refractivity contribution in [3.63, 3.8) is 0 Å². The number of pyridine rings is 1. The zero-order valence-corrected chi connectivity index (χ0v) is 26.4. The fraction of sp³-hybridized carbons (Fsp3) is 0.147. The van der Waals surface area contributed by atoms with Gasteiger partial charge in [-0.15, -0.1) is 21.5 Å². The molecule has 3 aromatic heterocycles. The van der Waals surface area contributed by atoms with Gasteiger partial charge in [-0.2, -0.15) is 0 Å². The summed E-state index contributed by atoms with van der Waals surface area (Å²) in [5.41, 5.74) is 5.52. The molecule has 1 amide bonds. The number of benzene rings is 3. The average molecular weight is 637 g/mol. The third-order valence-corrected chi connectivity index (χ3v) is 9.28. The van der Waals surface area contributed by atoms with Crippen LogP contribution in [0.4, 0.5) is 0 Å². The van der Waals surface area contributed by atoms with Gasteiger partial charge in [-0.3, -0.25) is 14.3 Å². The van der Waals surface area contributed by atoms with Crippen LogP contribution in [0.2, 0.25) is 5.02 Å². The second-order valence-electron chi connectivity index (χ2n) is 10.2. The highest BCUT2D eigenvalue weighted by molar-refractivity contribution is 7.98. The quantitative estimate of drug-likeness (QED) is 0.134. The number of thiazole rings is 1. The van der Waals surface area contributed by atoms with Crippen LogP contribution in [0, 0.1) is 6.92 Å². The van der Waals surface area contributed by atoms with Gasteiger partial charge in [0, 0.05) is 41.4 Å². The first-order valence-corrected chi connectivity index (χ1v) is 16.4. The molecule has 0 radical (unpaired) electrons. The monoisotopic (exact) mass is 636 g/mol. The zero-order chi connectivity index (χ0) is 30.3. The smallest absolute Gasteiger partial charge is 0.273 e. The Labute approximate surface area is 269 Å². The van der Waals surface area contributed by atoms with E-state index < -0.39 is 0 Å². The second kappa shape index (κ2) is 14.0. The van der Waals surface area contributed by atoms with Crippen LogP contribution in [-0.2, 0) is 18.7 Å². The topological polar surface area (TPSA) is 76.8 Å². The number of aryl methyl sites for hydroxylation is 1. The molecule has 0 atom stereocenters. The lowest BCUT2D eigenvalue weighted by molar-refractivity contribution is 0.0740. The van der Waals surface area contributed by atoms with Crippen molar-refractivity contribution < 1.29 is 4.79 Å². The van der Waals surface area contributed by atoms with Gasteiger partial charge in [0.15, 0.2) is 11.0 Å². The number of aromatic nitrogens is 5. The van der Waals surface area contributed by atoms with E-state index in [-0.39, 0.29) is 5.91 Å². The van der Waals surface area contributed by atoms with Gasteiger partial charge in [-0.25, -0.2) is 4.98 Å². The van der Waals surface area contributed by atoms with Crippen LogP contribution < -0.4 is 0 Å². The van der Waals surface area contributed by atoms with Crippen molar-refractivity contribution in [1.82, 2.24) is 29.6 Å². The maximum atomic E-state index is 13.7. The number of carbonyl (C=O) groups excluding carboxylic acids is 1. The van der Waals surface area contributed by atoms with Crippen molar-refractivity contribution >= 4 is 40.6 Å². The van der Waals surface area contributed by atoms with Crippen molar-refractivity contribution in [3.05, 3.63) is 141 Å². The first-order valence-electron chi connectivity index (χ1n) is 14.1. The van der Waals surface area contributed by atoms with E-state index in [1.807, 2.05) is 101 Å². The average Bonchev–Trinajstić information content (AvgIpc) is 3.72. The molecule has 0 saturated carbocycles. The number of thioether (sulfide) groups is 1. The number of carbonyl (C=O) groups is 1. The van der Waals surface area contributed by atoms with E-state index in [0.29, 0.717) is 40.5 Å². The van der Waals surface area contributed by atoms with E-state index in [2.05, 4.69) is 27.3 Å². The van der Waals surface area contributed by atoms with Gasteiger partial charge in [-0.05, 0) is 54.3 Å². The summed E-state index contributed by atoms with van der Waals surface area (Å²) in [6, 6.07) is 29.9. The predicted molar refractivity (Wildman–Crippen MR) is 177 cm³/mol. The van der Waals surface area contributed by atoms with Gasteiger partial charge < -0.3 is 4.90 Å². The Morgan fingerprint density at radius 3 is 2.48 bits per heavy atom. The van der Waals surface area contributed by atoms with Crippen LogP contribution in [0.15, 0.2) is 114 Å². The molecule has 3 aromatic carbocycles.